The summed E-state index contributed by atoms with van der Waals surface area (Å²) in [6, 6.07) is 9.40. The summed E-state index contributed by atoms with van der Waals surface area (Å²) in [5.74, 6) is 0.573. The number of nitrogens with zero attached hydrogens (tertiary/aromatic N) is 2. The monoisotopic (exact) mass is 385 g/mol. The van der Waals surface area contributed by atoms with E-state index in [0.29, 0.717) is 23.7 Å². The van der Waals surface area contributed by atoms with E-state index < -0.39 is 0 Å². The van der Waals surface area contributed by atoms with Crippen molar-refractivity contribution in [1.29, 1.82) is 0 Å². The molecule has 1 heterocycles. The van der Waals surface area contributed by atoms with Crippen molar-refractivity contribution in [1.82, 2.24) is 10.1 Å². The van der Waals surface area contributed by atoms with Gasteiger partial charge in [0.2, 0.25) is 5.91 Å². The number of aryl methyl sites for hydroxylation is 2. The number of aromatic nitrogens is 1. The molecule has 0 unspecified atom stereocenters. The first kappa shape index (κ1) is 21.7. The van der Waals surface area contributed by atoms with E-state index in [4.69, 9.17) is 4.52 Å². The molecule has 2 aromatic rings. The minimum Gasteiger partial charge on any atom is -0.360 e. The number of benzene rings is 1. The molecular weight excluding hydrogens is 354 g/mol. The third-order valence-corrected chi connectivity index (χ3v) is 4.57. The topological polar surface area (TPSA) is 75.4 Å². The summed E-state index contributed by atoms with van der Waals surface area (Å²) in [5.41, 5.74) is 1.85. The van der Waals surface area contributed by atoms with Crippen LogP contribution in [0, 0.1) is 6.92 Å². The average Bonchev–Trinajstić information content (AvgIpc) is 3.09. The summed E-state index contributed by atoms with van der Waals surface area (Å²) in [4.78, 5) is 26.9. The number of hydrogen-bond acceptors (Lipinski definition) is 4. The third-order valence-electron chi connectivity index (χ3n) is 4.57. The molecule has 0 radical (unpaired) electrons. The lowest BCUT2D eigenvalue weighted by Gasteiger charge is -2.22. The van der Waals surface area contributed by atoms with E-state index >= 15 is 0 Å². The van der Waals surface area contributed by atoms with Gasteiger partial charge in [0.25, 0.3) is 5.91 Å². The third kappa shape index (κ3) is 6.83. The number of unbranched alkanes of at least 4 members (excludes halogenated alkanes) is 3. The van der Waals surface area contributed by atoms with Gasteiger partial charge in [-0.05, 0) is 43.9 Å². The molecule has 1 aromatic carbocycles. The van der Waals surface area contributed by atoms with Gasteiger partial charge in [-0.2, -0.15) is 0 Å². The lowest BCUT2D eigenvalue weighted by Crippen LogP contribution is -2.38. The second-order valence-corrected chi connectivity index (χ2v) is 7.11. The van der Waals surface area contributed by atoms with Crippen LogP contribution in [0.25, 0.3) is 0 Å². The van der Waals surface area contributed by atoms with Gasteiger partial charge >= 0.3 is 0 Å². The maximum Gasteiger partial charge on any atom is 0.254 e. The van der Waals surface area contributed by atoms with E-state index in [1.807, 2.05) is 24.3 Å². The highest BCUT2D eigenvalue weighted by Gasteiger charge is 2.19. The highest BCUT2D eigenvalue weighted by atomic mass is 16.5. The number of hydrogen-bond donors (Lipinski definition) is 1. The van der Waals surface area contributed by atoms with Crippen LogP contribution in [0.5, 0.6) is 0 Å². The summed E-state index contributed by atoms with van der Waals surface area (Å²) >= 11 is 0. The number of anilines is 1. The largest absolute Gasteiger partial charge is 0.360 e. The van der Waals surface area contributed by atoms with E-state index in [-0.39, 0.29) is 18.4 Å². The van der Waals surface area contributed by atoms with E-state index in [2.05, 4.69) is 24.3 Å². The van der Waals surface area contributed by atoms with Gasteiger partial charge in [0, 0.05) is 18.2 Å². The summed E-state index contributed by atoms with van der Waals surface area (Å²) in [6.07, 6.45) is 6.39. The van der Waals surface area contributed by atoms with Crippen molar-refractivity contribution in [2.45, 2.75) is 59.3 Å². The molecule has 6 nitrogen and oxygen atoms in total. The molecule has 1 N–H and O–H groups in total. The van der Waals surface area contributed by atoms with Crippen LogP contribution in [0.15, 0.2) is 34.9 Å². The highest BCUT2D eigenvalue weighted by Crippen LogP contribution is 2.12. The first-order chi connectivity index (χ1) is 13.5. The van der Waals surface area contributed by atoms with E-state index in [9.17, 15) is 9.59 Å². The second kappa shape index (κ2) is 11.3. The smallest absolute Gasteiger partial charge is 0.254 e. The maximum absolute atomic E-state index is 12.9. The summed E-state index contributed by atoms with van der Waals surface area (Å²) in [6.45, 7) is 6.53. The van der Waals surface area contributed by atoms with Crippen molar-refractivity contribution in [3.63, 3.8) is 0 Å². The standard InChI is InChI=1S/C22H31N3O3/c1-4-6-8-9-18-10-12-19(13-11-18)22(27)25(14-7-5-2)16-21(26)23-20-15-17(3)28-24-20/h10-13,15H,4-9,14,16H2,1-3H3,(H,23,24,26). The molecule has 0 aliphatic heterocycles. The van der Waals surface area contributed by atoms with Crippen molar-refractivity contribution in [2.75, 3.05) is 18.4 Å². The van der Waals surface area contributed by atoms with Crippen LogP contribution in [0.1, 0.15) is 67.6 Å². The highest BCUT2D eigenvalue weighted by molar-refractivity contribution is 5.99. The zero-order valence-electron chi connectivity index (χ0n) is 17.2. The number of amides is 2. The molecule has 1 aromatic heterocycles. The summed E-state index contributed by atoms with van der Waals surface area (Å²) < 4.78 is 4.95. The maximum atomic E-state index is 12.9. The Morgan fingerprint density at radius 1 is 1.07 bits per heavy atom. The molecular formula is C22H31N3O3. The van der Waals surface area contributed by atoms with Crippen molar-refractivity contribution in [3.05, 3.63) is 47.2 Å². The van der Waals surface area contributed by atoms with E-state index in [0.717, 1.165) is 25.7 Å². The summed E-state index contributed by atoms with van der Waals surface area (Å²) in [5, 5.41) is 6.43. The molecule has 6 heteroatoms. The average molecular weight is 386 g/mol. The van der Waals surface area contributed by atoms with Gasteiger partial charge in [0.15, 0.2) is 5.82 Å². The molecule has 0 spiro atoms. The molecule has 0 saturated heterocycles. The van der Waals surface area contributed by atoms with Crippen molar-refractivity contribution in [2.24, 2.45) is 0 Å². The van der Waals surface area contributed by atoms with Crippen molar-refractivity contribution < 1.29 is 14.1 Å². The SMILES string of the molecule is CCCCCc1ccc(C(=O)N(CCCC)CC(=O)Nc2cc(C)on2)cc1. The zero-order valence-corrected chi connectivity index (χ0v) is 17.2. The Morgan fingerprint density at radius 3 is 2.39 bits per heavy atom. The first-order valence-electron chi connectivity index (χ1n) is 10.1. The lowest BCUT2D eigenvalue weighted by atomic mass is 10.0. The van der Waals surface area contributed by atoms with Crippen molar-refractivity contribution >= 4 is 17.6 Å². The Bertz CT molecular complexity index is 753. The van der Waals surface area contributed by atoms with Gasteiger partial charge in [-0.3, -0.25) is 9.59 Å². The first-order valence-corrected chi connectivity index (χ1v) is 10.1. The molecule has 0 saturated carbocycles. The van der Waals surface area contributed by atoms with Gasteiger partial charge < -0.3 is 14.7 Å². The Morgan fingerprint density at radius 2 is 1.79 bits per heavy atom. The predicted molar refractivity (Wildman–Crippen MR) is 110 cm³/mol. The van der Waals surface area contributed by atoms with Crippen LogP contribution in [0.4, 0.5) is 5.82 Å². The fourth-order valence-electron chi connectivity index (χ4n) is 2.96. The Labute approximate surface area is 167 Å². The Kier molecular flexibility index (Phi) is 8.72. The molecule has 2 amide bonds. The minimum atomic E-state index is -0.283. The lowest BCUT2D eigenvalue weighted by molar-refractivity contribution is -0.117. The van der Waals surface area contributed by atoms with E-state index in [1.165, 1.54) is 18.4 Å². The molecule has 0 aliphatic rings. The van der Waals surface area contributed by atoms with Gasteiger partial charge in [-0.25, -0.2) is 0 Å². The van der Waals surface area contributed by atoms with Crippen LogP contribution in [0.2, 0.25) is 0 Å². The molecule has 152 valence electrons. The normalized spacial score (nSPS) is 10.7. The Hall–Kier alpha value is -2.63. The number of carbonyl (C=O) groups is 2. The molecule has 2 rings (SSSR count). The quantitative estimate of drug-likeness (QED) is 0.574. The molecule has 0 bridgehead atoms. The van der Waals surface area contributed by atoms with Crippen LogP contribution in [-0.2, 0) is 11.2 Å². The van der Waals surface area contributed by atoms with Crippen LogP contribution in [0.3, 0.4) is 0 Å². The zero-order chi connectivity index (χ0) is 20.4. The number of carbonyl (C=O) groups excluding carboxylic acids is 2. The molecule has 0 atom stereocenters. The number of rotatable bonds is 11. The second-order valence-electron chi connectivity index (χ2n) is 7.11. The minimum absolute atomic E-state index is 0.0109. The predicted octanol–water partition coefficient (Wildman–Crippen LogP) is 4.60. The Balaban J connectivity index is 2.00. The number of nitrogens with one attached hydrogen (secondary N) is 1. The van der Waals surface area contributed by atoms with Gasteiger partial charge in [0.05, 0.1) is 0 Å². The fraction of sp³-hybridized carbons (Fsp3) is 0.500. The van der Waals surface area contributed by atoms with E-state index in [1.54, 1.807) is 17.9 Å². The van der Waals surface area contributed by atoms with Crippen LogP contribution in [-0.4, -0.2) is 35.0 Å². The van der Waals surface area contributed by atoms with Gasteiger partial charge in [-0.1, -0.05) is 50.4 Å². The molecule has 28 heavy (non-hydrogen) atoms. The van der Waals surface area contributed by atoms with Gasteiger partial charge in [-0.15, -0.1) is 0 Å². The molecule has 0 aliphatic carbocycles. The van der Waals surface area contributed by atoms with Crippen LogP contribution >= 0.6 is 0 Å². The van der Waals surface area contributed by atoms with Crippen molar-refractivity contribution in [3.8, 4) is 0 Å². The summed E-state index contributed by atoms with van der Waals surface area (Å²) in [7, 11) is 0. The van der Waals surface area contributed by atoms with Gasteiger partial charge in [0.1, 0.15) is 12.3 Å². The fourth-order valence-corrected chi connectivity index (χ4v) is 2.96. The molecule has 0 fully saturated rings. The van der Waals surface area contributed by atoms with Crippen LogP contribution < -0.4 is 5.32 Å².